The highest BCUT2D eigenvalue weighted by Gasteiger charge is 2.18. The van der Waals surface area contributed by atoms with Crippen molar-refractivity contribution in [1.82, 2.24) is 4.57 Å². The van der Waals surface area contributed by atoms with E-state index < -0.39 is 21.6 Å². The number of methoxy groups -OCH3 is 1. The SMILES string of the molecule is COCCn1c(=O)oc2cc(S(=O)(=O)Nc3ccc(F)c(C)c3)ccc21. The Bertz CT molecular complexity index is 1120. The minimum Gasteiger partial charge on any atom is -0.408 e. The zero-order valence-corrected chi connectivity index (χ0v) is 15.0. The van der Waals surface area contributed by atoms with E-state index in [0.29, 0.717) is 24.2 Å². The molecule has 3 rings (SSSR count). The first-order chi connectivity index (χ1) is 12.3. The summed E-state index contributed by atoms with van der Waals surface area (Å²) in [5, 5.41) is 0. The maximum Gasteiger partial charge on any atom is 0.420 e. The number of aryl methyl sites for hydroxylation is 1. The summed E-state index contributed by atoms with van der Waals surface area (Å²) in [6.07, 6.45) is 0. The molecule has 0 amide bonds. The Balaban J connectivity index is 1.96. The van der Waals surface area contributed by atoms with Gasteiger partial charge in [0.1, 0.15) is 5.82 Å². The van der Waals surface area contributed by atoms with Crippen molar-refractivity contribution in [2.75, 3.05) is 18.4 Å². The molecule has 7 nitrogen and oxygen atoms in total. The minimum absolute atomic E-state index is 0.0698. The van der Waals surface area contributed by atoms with Crippen molar-refractivity contribution < 1.29 is 22.0 Å². The maximum atomic E-state index is 13.3. The summed E-state index contributed by atoms with van der Waals surface area (Å²) in [5.74, 6) is -1.01. The second-order valence-corrected chi connectivity index (χ2v) is 7.39. The maximum absolute atomic E-state index is 13.3. The molecule has 0 aliphatic carbocycles. The monoisotopic (exact) mass is 380 g/mol. The van der Waals surface area contributed by atoms with Crippen LogP contribution in [0.15, 0.2) is 50.5 Å². The van der Waals surface area contributed by atoms with Gasteiger partial charge in [0.05, 0.1) is 23.6 Å². The average Bonchev–Trinajstić information content (AvgIpc) is 2.90. The van der Waals surface area contributed by atoms with E-state index in [9.17, 15) is 17.6 Å². The van der Waals surface area contributed by atoms with Crippen LogP contribution in [0.3, 0.4) is 0 Å². The Morgan fingerprint density at radius 1 is 1.23 bits per heavy atom. The van der Waals surface area contributed by atoms with E-state index in [0.717, 1.165) is 0 Å². The highest BCUT2D eigenvalue weighted by Crippen LogP contribution is 2.22. The lowest BCUT2D eigenvalue weighted by Crippen LogP contribution is -2.17. The number of halogens is 1. The third-order valence-corrected chi connectivity index (χ3v) is 5.26. The molecule has 9 heteroatoms. The first-order valence-corrected chi connectivity index (χ1v) is 9.21. The second kappa shape index (κ2) is 6.93. The molecule has 0 aliphatic rings. The van der Waals surface area contributed by atoms with Gasteiger partial charge in [-0.3, -0.25) is 9.29 Å². The molecule has 0 atom stereocenters. The van der Waals surface area contributed by atoms with Crippen LogP contribution in [0.25, 0.3) is 11.1 Å². The van der Waals surface area contributed by atoms with Crippen molar-refractivity contribution >= 4 is 26.8 Å². The molecule has 0 fully saturated rings. The molecule has 0 saturated heterocycles. The molecule has 0 aliphatic heterocycles. The van der Waals surface area contributed by atoms with Crippen molar-refractivity contribution in [3.05, 3.63) is 58.3 Å². The summed E-state index contributed by atoms with van der Waals surface area (Å²) >= 11 is 0. The fraction of sp³-hybridized carbons (Fsp3) is 0.235. The van der Waals surface area contributed by atoms with Gasteiger partial charge in [0.25, 0.3) is 10.0 Å². The summed E-state index contributed by atoms with van der Waals surface area (Å²) in [6, 6.07) is 8.07. The Morgan fingerprint density at radius 3 is 2.69 bits per heavy atom. The third-order valence-electron chi connectivity index (χ3n) is 3.88. The molecule has 138 valence electrons. The molecule has 1 heterocycles. The number of ether oxygens (including phenoxy) is 1. The van der Waals surface area contributed by atoms with E-state index in [4.69, 9.17) is 9.15 Å². The number of nitrogens with one attached hydrogen (secondary N) is 1. The lowest BCUT2D eigenvalue weighted by atomic mass is 10.2. The number of anilines is 1. The Labute approximate surface area is 149 Å². The molecule has 3 aromatic rings. The number of hydrogen-bond donors (Lipinski definition) is 1. The molecule has 0 radical (unpaired) electrons. The van der Waals surface area contributed by atoms with Gasteiger partial charge < -0.3 is 9.15 Å². The minimum atomic E-state index is -3.92. The number of fused-ring (bicyclic) bond motifs is 1. The third kappa shape index (κ3) is 3.49. The van der Waals surface area contributed by atoms with Gasteiger partial charge in [-0.1, -0.05) is 0 Å². The van der Waals surface area contributed by atoms with Gasteiger partial charge in [0.15, 0.2) is 5.58 Å². The lowest BCUT2D eigenvalue weighted by Gasteiger charge is -2.09. The molecular weight excluding hydrogens is 363 g/mol. The Morgan fingerprint density at radius 2 is 2.00 bits per heavy atom. The standard InChI is InChI=1S/C17H17FN2O5S/c1-11-9-12(3-5-14(11)18)19-26(22,23)13-4-6-15-16(10-13)25-17(21)20(15)7-8-24-2/h3-6,9-10,19H,7-8H2,1-2H3. The van der Waals surface area contributed by atoms with E-state index >= 15 is 0 Å². The summed E-state index contributed by atoms with van der Waals surface area (Å²) in [5.41, 5.74) is 1.19. The number of nitrogens with zero attached hydrogens (tertiary/aromatic N) is 1. The average molecular weight is 380 g/mol. The zero-order chi connectivity index (χ0) is 18.9. The summed E-state index contributed by atoms with van der Waals surface area (Å²) < 4.78 is 52.3. The molecule has 0 saturated carbocycles. The first kappa shape index (κ1) is 18.2. The Hall–Kier alpha value is -2.65. The molecule has 1 aromatic heterocycles. The van der Waals surface area contributed by atoms with Crippen LogP contribution < -0.4 is 10.5 Å². The quantitative estimate of drug-likeness (QED) is 0.710. The summed E-state index contributed by atoms with van der Waals surface area (Å²) in [6.45, 7) is 2.15. The highest BCUT2D eigenvalue weighted by molar-refractivity contribution is 7.92. The van der Waals surface area contributed by atoms with Crippen LogP contribution in [0.5, 0.6) is 0 Å². The Kier molecular flexibility index (Phi) is 4.84. The molecule has 26 heavy (non-hydrogen) atoms. The number of sulfonamides is 1. The number of oxazole rings is 1. The van der Waals surface area contributed by atoms with Crippen molar-refractivity contribution in [3.8, 4) is 0 Å². The first-order valence-electron chi connectivity index (χ1n) is 7.73. The number of benzene rings is 2. The van der Waals surface area contributed by atoms with Crippen LogP contribution in [-0.4, -0.2) is 26.7 Å². The van der Waals surface area contributed by atoms with Crippen LogP contribution in [0.1, 0.15) is 5.56 Å². The van der Waals surface area contributed by atoms with E-state index in [1.54, 1.807) is 0 Å². The van der Waals surface area contributed by atoms with Crippen LogP contribution in [-0.2, 0) is 21.3 Å². The van der Waals surface area contributed by atoms with Gasteiger partial charge in [-0.25, -0.2) is 17.6 Å². The van der Waals surface area contributed by atoms with Crippen molar-refractivity contribution in [1.29, 1.82) is 0 Å². The summed E-state index contributed by atoms with van der Waals surface area (Å²) in [4.78, 5) is 11.8. The smallest absolute Gasteiger partial charge is 0.408 e. The molecule has 0 spiro atoms. The van der Waals surface area contributed by atoms with Crippen LogP contribution in [0.4, 0.5) is 10.1 Å². The fourth-order valence-electron chi connectivity index (χ4n) is 2.53. The fourth-order valence-corrected chi connectivity index (χ4v) is 3.59. The molecular formula is C17H17FN2O5S. The van der Waals surface area contributed by atoms with E-state index in [2.05, 4.69) is 4.72 Å². The van der Waals surface area contributed by atoms with E-state index in [1.807, 2.05) is 0 Å². The topological polar surface area (TPSA) is 90.5 Å². The van der Waals surface area contributed by atoms with Gasteiger partial charge in [0.2, 0.25) is 0 Å². The normalized spacial score (nSPS) is 11.8. The molecule has 1 N–H and O–H groups in total. The van der Waals surface area contributed by atoms with Crippen LogP contribution in [0.2, 0.25) is 0 Å². The lowest BCUT2D eigenvalue weighted by molar-refractivity contribution is 0.186. The van der Waals surface area contributed by atoms with Gasteiger partial charge >= 0.3 is 5.76 Å². The van der Waals surface area contributed by atoms with Crippen molar-refractivity contribution in [3.63, 3.8) is 0 Å². The van der Waals surface area contributed by atoms with Gasteiger partial charge in [-0.05, 0) is 42.8 Å². The summed E-state index contributed by atoms with van der Waals surface area (Å²) in [7, 11) is -2.41. The van der Waals surface area contributed by atoms with E-state index in [-0.39, 0.29) is 16.2 Å². The van der Waals surface area contributed by atoms with Crippen molar-refractivity contribution in [2.24, 2.45) is 0 Å². The van der Waals surface area contributed by atoms with Gasteiger partial charge in [-0.2, -0.15) is 0 Å². The van der Waals surface area contributed by atoms with Crippen LogP contribution >= 0.6 is 0 Å². The predicted octanol–water partition coefficient (Wildman–Crippen LogP) is 2.49. The van der Waals surface area contributed by atoms with Gasteiger partial charge in [-0.15, -0.1) is 0 Å². The molecule has 2 aromatic carbocycles. The predicted molar refractivity (Wildman–Crippen MR) is 94.3 cm³/mol. The van der Waals surface area contributed by atoms with Gasteiger partial charge in [0, 0.05) is 18.9 Å². The largest absolute Gasteiger partial charge is 0.420 e. The highest BCUT2D eigenvalue weighted by atomic mass is 32.2. The molecule has 0 bridgehead atoms. The number of aromatic nitrogens is 1. The number of hydrogen-bond acceptors (Lipinski definition) is 5. The molecule has 0 unspecified atom stereocenters. The second-order valence-electron chi connectivity index (χ2n) is 5.71. The zero-order valence-electron chi connectivity index (χ0n) is 14.2. The van der Waals surface area contributed by atoms with E-state index in [1.165, 1.54) is 55.0 Å². The van der Waals surface area contributed by atoms with Crippen molar-refractivity contribution in [2.45, 2.75) is 18.4 Å². The number of rotatable bonds is 6. The van der Waals surface area contributed by atoms with Crippen LogP contribution in [0, 0.1) is 12.7 Å².